The molecule has 0 aromatic rings. The average Bonchev–Trinajstić information content (AvgIpc) is 2.22. The zero-order valence-corrected chi connectivity index (χ0v) is 10.1. The third kappa shape index (κ3) is 2.33. The molecule has 1 aliphatic rings. The molecular formula is C12H23NO2. The summed E-state index contributed by atoms with van der Waals surface area (Å²) < 4.78 is 0. The Morgan fingerprint density at radius 2 is 2.00 bits per heavy atom. The normalized spacial score (nSPS) is 31.9. The Labute approximate surface area is 92.5 Å². The molecule has 0 spiro atoms. The van der Waals surface area contributed by atoms with Crippen molar-refractivity contribution in [1.82, 2.24) is 4.90 Å². The Bertz CT molecular complexity index is 226. The second-order valence-corrected chi connectivity index (χ2v) is 4.71. The van der Waals surface area contributed by atoms with Crippen LogP contribution in [0.15, 0.2) is 0 Å². The molecule has 0 saturated heterocycles. The van der Waals surface area contributed by atoms with Gasteiger partial charge in [-0.05, 0) is 32.9 Å². The van der Waals surface area contributed by atoms with Gasteiger partial charge in [0.25, 0.3) is 0 Å². The van der Waals surface area contributed by atoms with Gasteiger partial charge in [-0.2, -0.15) is 0 Å². The molecular weight excluding hydrogens is 190 g/mol. The predicted octanol–water partition coefficient (Wildman–Crippen LogP) is 2.36. The molecule has 0 radical (unpaired) electrons. The fourth-order valence-electron chi connectivity index (χ4n) is 2.81. The molecule has 3 nitrogen and oxygen atoms in total. The van der Waals surface area contributed by atoms with Crippen LogP contribution < -0.4 is 0 Å². The monoisotopic (exact) mass is 213 g/mol. The maximum absolute atomic E-state index is 11.4. The summed E-state index contributed by atoms with van der Waals surface area (Å²) in [5.74, 6) is -0.626. The van der Waals surface area contributed by atoms with Crippen LogP contribution in [0.3, 0.4) is 0 Å². The van der Waals surface area contributed by atoms with Crippen LogP contribution in [0.1, 0.15) is 46.5 Å². The number of carboxylic acids is 1. The maximum Gasteiger partial charge on any atom is 0.310 e. The Morgan fingerprint density at radius 1 is 1.40 bits per heavy atom. The molecule has 1 aliphatic carbocycles. The van der Waals surface area contributed by atoms with E-state index in [1.807, 2.05) is 6.92 Å². The summed E-state index contributed by atoms with van der Waals surface area (Å²) in [6.45, 7) is 8.03. The molecule has 0 amide bonds. The Hall–Kier alpha value is -0.570. The number of rotatable bonds is 4. The Kier molecular flexibility index (Phi) is 4.14. The van der Waals surface area contributed by atoms with Crippen LogP contribution in [0.25, 0.3) is 0 Å². The molecule has 3 heteroatoms. The van der Waals surface area contributed by atoms with Gasteiger partial charge < -0.3 is 5.11 Å². The SMILES string of the molecule is CCN(CC)C1CCCCC1(C)C(=O)O. The molecule has 0 heterocycles. The van der Waals surface area contributed by atoms with Crippen molar-refractivity contribution in [2.75, 3.05) is 13.1 Å². The number of aliphatic carboxylic acids is 1. The van der Waals surface area contributed by atoms with Crippen LogP contribution >= 0.6 is 0 Å². The van der Waals surface area contributed by atoms with Crippen molar-refractivity contribution in [1.29, 1.82) is 0 Å². The highest BCUT2D eigenvalue weighted by molar-refractivity contribution is 5.75. The van der Waals surface area contributed by atoms with Gasteiger partial charge in [0.2, 0.25) is 0 Å². The molecule has 1 rings (SSSR count). The minimum absolute atomic E-state index is 0.221. The van der Waals surface area contributed by atoms with E-state index in [0.717, 1.165) is 32.4 Å². The van der Waals surface area contributed by atoms with Crippen molar-refractivity contribution >= 4 is 5.97 Å². The lowest BCUT2D eigenvalue weighted by Crippen LogP contribution is -2.52. The molecule has 0 bridgehead atoms. The lowest BCUT2D eigenvalue weighted by molar-refractivity contribution is -0.154. The third-order valence-corrected chi connectivity index (χ3v) is 3.90. The van der Waals surface area contributed by atoms with Gasteiger partial charge in [-0.15, -0.1) is 0 Å². The third-order valence-electron chi connectivity index (χ3n) is 3.90. The topological polar surface area (TPSA) is 40.5 Å². The van der Waals surface area contributed by atoms with Crippen LogP contribution in [0.5, 0.6) is 0 Å². The molecule has 1 N–H and O–H groups in total. The van der Waals surface area contributed by atoms with E-state index < -0.39 is 11.4 Å². The van der Waals surface area contributed by atoms with Crippen LogP contribution in [-0.4, -0.2) is 35.1 Å². The van der Waals surface area contributed by atoms with Gasteiger partial charge in [0, 0.05) is 6.04 Å². The number of hydrogen-bond acceptors (Lipinski definition) is 2. The maximum atomic E-state index is 11.4. The van der Waals surface area contributed by atoms with Crippen LogP contribution in [0.4, 0.5) is 0 Å². The van der Waals surface area contributed by atoms with Crippen LogP contribution in [0, 0.1) is 5.41 Å². The first-order chi connectivity index (χ1) is 7.06. The van der Waals surface area contributed by atoms with E-state index in [-0.39, 0.29) is 6.04 Å². The lowest BCUT2D eigenvalue weighted by atomic mass is 9.71. The summed E-state index contributed by atoms with van der Waals surface area (Å²) in [5, 5.41) is 9.38. The minimum Gasteiger partial charge on any atom is -0.481 e. The van der Waals surface area contributed by atoms with Gasteiger partial charge >= 0.3 is 5.97 Å². The second-order valence-electron chi connectivity index (χ2n) is 4.71. The summed E-state index contributed by atoms with van der Waals surface area (Å²) >= 11 is 0. The quantitative estimate of drug-likeness (QED) is 0.779. The smallest absolute Gasteiger partial charge is 0.310 e. The van der Waals surface area contributed by atoms with Gasteiger partial charge in [0.05, 0.1) is 5.41 Å². The number of carboxylic acid groups (broad SMARTS) is 1. The van der Waals surface area contributed by atoms with Crippen molar-refractivity contribution in [3.05, 3.63) is 0 Å². The average molecular weight is 213 g/mol. The second kappa shape index (κ2) is 4.97. The van der Waals surface area contributed by atoms with E-state index in [4.69, 9.17) is 0 Å². The van der Waals surface area contributed by atoms with Crippen molar-refractivity contribution < 1.29 is 9.90 Å². The molecule has 1 fully saturated rings. The minimum atomic E-state index is -0.626. The zero-order valence-electron chi connectivity index (χ0n) is 10.1. The summed E-state index contributed by atoms with van der Waals surface area (Å²) in [4.78, 5) is 13.7. The first kappa shape index (κ1) is 12.5. The van der Waals surface area contributed by atoms with E-state index in [9.17, 15) is 9.90 Å². The van der Waals surface area contributed by atoms with E-state index in [2.05, 4.69) is 18.7 Å². The van der Waals surface area contributed by atoms with Crippen molar-refractivity contribution in [3.63, 3.8) is 0 Å². The van der Waals surface area contributed by atoms with Crippen LogP contribution in [-0.2, 0) is 4.79 Å². The summed E-state index contributed by atoms with van der Waals surface area (Å²) in [6.07, 6.45) is 4.08. The van der Waals surface area contributed by atoms with E-state index in [1.54, 1.807) is 0 Å². The van der Waals surface area contributed by atoms with Gasteiger partial charge in [0.1, 0.15) is 0 Å². The lowest BCUT2D eigenvalue weighted by Gasteiger charge is -2.44. The van der Waals surface area contributed by atoms with Gasteiger partial charge in [-0.1, -0.05) is 26.7 Å². The number of nitrogens with zero attached hydrogens (tertiary/aromatic N) is 1. The highest BCUT2D eigenvalue weighted by Crippen LogP contribution is 2.39. The summed E-state index contributed by atoms with van der Waals surface area (Å²) in [7, 11) is 0. The highest BCUT2D eigenvalue weighted by Gasteiger charge is 2.44. The van der Waals surface area contributed by atoms with Crippen molar-refractivity contribution in [3.8, 4) is 0 Å². The first-order valence-corrected chi connectivity index (χ1v) is 6.03. The van der Waals surface area contributed by atoms with Crippen molar-refractivity contribution in [2.45, 2.75) is 52.5 Å². The predicted molar refractivity (Wildman–Crippen MR) is 60.9 cm³/mol. The number of carbonyl (C=O) groups is 1. The number of hydrogen-bond donors (Lipinski definition) is 1. The largest absolute Gasteiger partial charge is 0.481 e. The molecule has 1 saturated carbocycles. The molecule has 0 aromatic heterocycles. The Morgan fingerprint density at radius 3 is 2.47 bits per heavy atom. The van der Waals surface area contributed by atoms with E-state index >= 15 is 0 Å². The Balaban J connectivity index is 2.86. The fourth-order valence-corrected chi connectivity index (χ4v) is 2.81. The molecule has 2 unspecified atom stereocenters. The highest BCUT2D eigenvalue weighted by atomic mass is 16.4. The van der Waals surface area contributed by atoms with Gasteiger partial charge in [0.15, 0.2) is 0 Å². The van der Waals surface area contributed by atoms with Crippen LogP contribution in [0.2, 0.25) is 0 Å². The zero-order chi connectivity index (χ0) is 11.5. The summed E-state index contributed by atoms with van der Waals surface area (Å²) in [5.41, 5.74) is -0.537. The molecule has 0 aromatic carbocycles. The van der Waals surface area contributed by atoms with Gasteiger partial charge in [-0.3, -0.25) is 9.69 Å². The standard InChI is InChI=1S/C12H23NO2/c1-4-13(5-2)10-8-6-7-9-12(10,3)11(14)15/h10H,4-9H2,1-3H3,(H,14,15). The van der Waals surface area contributed by atoms with Gasteiger partial charge in [-0.25, -0.2) is 0 Å². The molecule has 2 atom stereocenters. The van der Waals surface area contributed by atoms with E-state index in [1.165, 1.54) is 6.42 Å². The first-order valence-electron chi connectivity index (χ1n) is 6.03. The fraction of sp³-hybridized carbons (Fsp3) is 0.917. The molecule has 0 aliphatic heterocycles. The molecule has 15 heavy (non-hydrogen) atoms. The van der Waals surface area contributed by atoms with E-state index in [0.29, 0.717) is 0 Å². The summed E-state index contributed by atoms with van der Waals surface area (Å²) in [6, 6.07) is 0.221. The van der Waals surface area contributed by atoms with Crippen molar-refractivity contribution in [2.24, 2.45) is 5.41 Å². The molecule has 88 valence electrons.